The molecule has 43 heavy (non-hydrogen) atoms. The Bertz CT molecular complexity index is 1880. The summed E-state index contributed by atoms with van der Waals surface area (Å²) in [6, 6.07) is 34.4. The van der Waals surface area contributed by atoms with Crippen molar-refractivity contribution in [3.05, 3.63) is 153 Å². The van der Waals surface area contributed by atoms with E-state index in [1.54, 1.807) is 37.2 Å². The second kappa shape index (κ2) is 11.5. The maximum absolute atomic E-state index is 11.6. The van der Waals surface area contributed by atoms with Gasteiger partial charge in [-0.15, -0.1) is 0 Å². The molecule has 0 bridgehead atoms. The molecule has 0 amide bonds. The van der Waals surface area contributed by atoms with Crippen molar-refractivity contribution in [1.29, 1.82) is 0 Å². The van der Waals surface area contributed by atoms with Gasteiger partial charge in [-0.1, -0.05) is 42.5 Å². The Labute approximate surface area is 249 Å². The monoisotopic (exact) mass is 556 g/mol. The molecule has 0 aliphatic carbocycles. The van der Waals surface area contributed by atoms with Crippen LogP contribution in [0.1, 0.15) is 0 Å². The van der Waals surface area contributed by atoms with E-state index in [0.717, 1.165) is 50.5 Å². The Hall–Kier alpha value is -6.01. The Morgan fingerprint density at radius 3 is 1.26 bits per heavy atom. The molecule has 0 atom stereocenters. The molecule has 5 heterocycles. The zero-order valence-corrected chi connectivity index (χ0v) is 23.1. The summed E-state index contributed by atoms with van der Waals surface area (Å²) in [7, 11) is 0. The molecule has 1 N–H and O–H groups in total. The molecule has 0 unspecified atom stereocenters. The minimum absolute atomic E-state index is 0.164. The Kier molecular flexibility index (Phi) is 6.91. The predicted molar refractivity (Wildman–Crippen MR) is 168 cm³/mol. The average Bonchev–Trinajstić information content (AvgIpc) is 3.10. The van der Waals surface area contributed by atoms with Gasteiger partial charge in [0.1, 0.15) is 5.75 Å². The highest BCUT2D eigenvalue weighted by Gasteiger charge is 2.28. The van der Waals surface area contributed by atoms with Crippen LogP contribution in [0, 0.1) is 0 Å². The van der Waals surface area contributed by atoms with Crippen molar-refractivity contribution in [3.8, 4) is 67.3 Å². The van der Waals surface area contributed by atoms with Crippen molar-refractivity contribution in [2.45, 2.75) is 0 Å². The Morgan fingerprint density at radius 1 is 0.419 bits per heavy atom. The number of hydrogen-bond acceptors (Lipinski definition) is 5. The lowest BCUT2D eigenvalue weighted by atomic mass is 9.96. The molecule has 0 saturated heterocycles. The van der Waals surface area contributed by atoms with Crippen LogP contribution in [0.25, 0.3) is 61.6 Å². The number of phenolic OH excluding ortho intramolecular Hbond substituents is 1. The minimum atomic E-state index is 0.164. The van der Waals surface area contributed by atoms with Crippen molar-refractivity contribution in [2.24, 2.45) is 0 Å². The summed E-state index contributed by atoms with van der Waals surface area (Å²) in [5.74, 6) is 0.164. The molecular formula is C37H26N5O+. The molecule has 0 aliphatic heterocycles. The van der Waals surface area contributed by atoms with Crippen LogP contribution in [-0.4, -0.2) is 25.0 Å². The van der Waals surface area contributed by atoms with Gasteiger partial charge in [0.25, 0.3) is 0 Å². The summed E-state index contributed by atoms with van der Waals surface area (Å²) in [6.45, 7) is 0. The van der Waals surface area contributed by atoms with E-state index in [0.29, 0.717) is 11.1 Å². The fourth-order valence-electron chi connectivity index (χ4n) is 5.36. The zero-order chi connectivity index (χ0) is 29.0. The fourth-order valence-corrected chi connectivity index (χ4v) is 5.36. The number of phenols is 1. The molecular weight excluding hydrogens is 530 g/mol. The normalized spacial score (nSPS) is 10.9. The molecule has 0 saturated carbocycles. The number of benzene rings is 2. The van der Waals surface area contributed by atoms with Crippen LogP contribution in [0.3, 0.4) is 0 Å². The molecule has 0 spiro atoms. The van der Waals surface area contributed by atoms with Gasteiger partial charge in [0.05, 0.1) is 11.1 Å². The van der Waals surface area contributed by atoms with E-state index in [2.05, 4.69) is 60.9 Å². The molecule has 0 fully saturated rings. The van der Waals surface area contributed by atoms with Crippen molar-refractivity contribution < 1.29 is 9.67 Å². The highest BCUT2D eigenvalue weighted by atomic mass is 16.3. The summed E-state index contributed by atoms with van der Waals surface area (Å²) >= 11 is 0. The first kappa shape index (κ1) is 25.9. The molecule has 204 valence electrons. The molecule has 7 rings (SSSR count). The lowest BCUT2D eigenvalue weighted by Gasteiger charge is -2.15. The van der Waals surface area contributed by atoms with Gasteiger partial charge in [-0.3, -0.25) is 19.9 Å². The van der Waals surface area contributed by atoms with Crippen LogP contribution >= 0.6 is 0 Å². The summed E-state index contributed by atoms with van der Waals surface area (Å²) in [5, 5.41) is 11.6. The molecule has 2 aromatic carbocycles. The summed E-state index contributed by atoms with van der Waals surface area (Å²) < 4.78 is 2.21. The molecule has 6 nitrogen and oxygen atoms in total. The standard InChI is InChI=1S/C37H25N5O/c43-37-33(27-10-4-14-38-22-27)20-32(21-34(37)28-11-5-15-39-23-28)42-35(29-12-6-16-40-24-29)18-31(26-8-2-1-3-9-26)19-36(42)30-13-7-17-41-25-30/h1-25H/p+1. The van der Waals surface area contributed by atoms with E-state index in [4.69, 9.17) is 0 Å². The lowest BCUT2D eigenvalue weighted by molar-refractivity contribution is -0.572. The first-order valence-electron chi connectivity index (χ1n) is 13.9. The summed E-state index contributed by atoms with van der Waals surface area (Å²) in [6.07, 6.45) is 14.3. The third-order valence-corrected chi connectivity index (χ3v) is 7.39. The minimum Gasteiger partial charge on any atom is -0.507 e. The third kappa shape index (κ3) is 5.13. The van der Waals surface area contributed by atoms with Crippen molar-refractivity contribution in [1.82, 2.24) is 19.9 Å². The van der Waals surface area contributed by atoms with Gasteiger partial charge < -0.3 is 5.11 Å². The second-order valence-corrected chi connectivity index (χ2v) is 10.1. The van der Waals surface area contributed by atoms with E-state index < -0.39 is 0 Å². The van der Waals surface area contributed by atoms with E-state index in [-0.39, 0.29) is 5.75 Å². The fraction of sp³-hybridized carbons (Fsp3) is 0. The maximum atomic E-state index is 11.6. The second-order valence-electron chi connectivity index (χ2n) is 10.1. The van der Waals surface area contributed by atoms with E-state index in [1.807, 2.05) is 79.1 Å². The van der Waals surface area contributed by atoms with E-state index in [9.17, 15) is 5.11 Å². The van der Waals surface area contributed by atoms with Crippen molar-refractivity contribution >= 4 is 0 Å². The van der Waals surface area contributed by atoms with Gasteiger partial charge in [-0.25, -0.2) is 0 Å². The van der Waals surface area contributed by atoms with E-state index >= 15 is 0 Å². The molecule has 5 aromatic heterocycles. The van der Waals surface area contributed by atoms with Gasteiger partial charge in [-0.2, -0.15) is 4.57 Å². The number of pyridine rings is 5. The van der Waals surface area contributed by atoms with Gasteiger partial charge in [0.15, 0.2) is 0 Å². The van der Waals surface area contributed by atoms with Gasteiger partial charge in [-0.05, 0) is 47.5 Å². The maximum Gasteiger partial charge on any atom is 0.221 e. The Morgan fingerprint density at radius 2 is 0.837 bits per heavy atom. The number of nitrogens with zero attached hydrogens (tertiary/aromatic N) is 5. The zero-order valence-electron chi connectivity index (χ0n) is 23.1. The summed E-state index contributed by atoms with van der Waals surface area (Å²) in [5.41, 5.74) is 9.73. The van der Waals surface area contributed by atoms with Crippen LogP contribution in [-0.2, 0) is 0 Å². The smallest absolute Gasteiger partial charge is 0.221 e. The Balaban J connectivity index is 1.60. The van der Waals surface area contributed by atoms with Gasteiger partial charge >= 0.3 is 0 Å². The molecule has 0 radical (unpaired) electrons. The molecule has 0 aliphatic rings. The summed E-state index contributed by atoms with van der Waals surface area (Å²) in [4.78, 5) is 17.6. The highest BCUT2D eigenvalue weighted by Crippen LogP contribution is 2.40. The van der Waals surface area contributed by atoms with Crippen LogP contribution in [0.2, 0.25) is 0 Å². The third-order valence-electron chi connectivity index (χ3n) is 7.39. The number of rotatable bonds is 6. The highest BCUT2D eigenvalue weighted by molar-refractivity contribution is 5.84. The number of hydrogen-bond donors (Lipinski definition) is 1. The van der Waals surface area contributed by atoms with Crippen molar-refractivity contribution in [2.75, 3.05) is 0 Å². The van der Waals surface area contributed by atoms with Crippen molar-refractivity contribution in [3.63, 3.8) is 0 Å². The largest absolute Gasteiger partial charge is 0.507 e. The number of aromatic hydroxyl groups is 1. The molecule has 6 heteroatoms. The number of aromatic nitrogens is 5. The van der Waals surface area contributed by atoms with Gasteiger partial charge in [0.2, 0.25) is 17.1 Å². The first-order valence-corrected chi connectivity index (χ1v) is 13.9. The van der Waals surface area contributed by atoms with Crippen LogP contribution in [0.5, 0.6) is 5.75 Å². The van der Waals surface area contributed by atoms with Crippen LogP contribution in [0.15, 0.2) is 153 Å². The average molecular weight is 557 g/mol. The quantitative estimate of drug-likeness (QED) is 0.214. The molecule has 7 aromatic rings. The van der Waals surface area contributed by atoms with Crippen LogP contribution < -0.4 is 4.57 Å². The lowest BCUT2D eigenvalue weighted by Crippen LogP contribution is -2.36. The van der Waals surface area contributed by atoms with Gasteiger partial charge in [0, 0.05) is 96.1 Å². The van der Waals surface area contributed by atoms with Crippen LogP contribution in [0.4, 0.5) is 0 Å². The topological polar surface area (TPSA) is 75.7 Å². The predicted octanol–water partition coefficient (Wildman–Crippen LogP) is 7.58. The SMILES string of the molecule is Oc1c(-c2cccnc2)cc(-[n+]2c(-c3cccnc3)cc(-c3ccccc3)cc2-c2cccnc2)cc1-c1cccnc1. The first-order chi connectivity index (χ1) is 21.3. The van der Waals surface area contributed by atoms with E-state index in [1.165, 1.54) is 0 Å².